The molecule has 0 bridgehead atoms. The third-order valence-electron chi connectivity index (χ3n) is 1.05. The largest absolute Gasteiger partial charge is 0.428 e. The van der Waals surface area contributed by atoms with Gasteiger partial charge < -0.3 is 14.6 Å². The van der Waals surface area contributed by atoms with Crippen molar-refractivity contribution in [3.05, 3.63) is 0 Å². The first-order valence-electron chi connectivity index (χ1n) is 2.70. The van der Waals surface area contributed by atoms with Crippen molar-refractivity contribution < 1.29 is 24.2 Å². The lowest BCUT2D eigenvalue weighted by Crippen LogP contribution is -2.21. The second-order valence-electron chi connectivity index (χ2n) is 1.82. The molecule has 0 aromatic rings. The summed E-state index contributed by atoms with van der Waals surface area (Å²) >= 11 is 0. The lowest BCUT2D eigenvalue weighted by molar-refractivity contribution is -0.162. The van der Waals surface area contributed by atoms with Crippen LogP contribution in [0.3, 0.4) is 0 Å². The summed E-state index contributed by atoms with van der Waals surface area (Å²) in [5.41, 5.74) is 0. The van der Waals surface area contributed by atoms with Crippen LogP contribution >= 0.6 is 0 Å². The summed E-state index contributed by atoms with van der Waals surface area (Å²) in [4.78, 5) is 20.9. The van der Waals surface area contributed by atoms with Gasteiger partial charge in [-0.2, -0.15) is 0 Å². The van der Waals surface area contributed by atoms with Gasteiger partial charge in [-0.15, -0.1) is 0 Å². The summed E-state index contributed by atoms with van der Waals surface area (Å²) in [5.74, 6) is -1.44. The van der Waals surface area contributed by atoms with Crippen LogP contribution in [0.25, 0.3) is 0 Å². The zero-order valence-corrected chi connectivity index (χ0v) is 5.07. The highest BCUT2D eigenvalue weighted by Gasteiger charge is 2.24. The average Bonchev–Trinajstić information content (AvgIpc) is 1.96. The van der Waals surface area contributed by atoms with E-state index in [9.17, 15) is 9.59 Å². The molecule has 5 nitrogen and oxygen atoms in total. The molecule has 0 amide bonds. The van der Waals surface area contributed by atoms with E-state index in [0.29, 0.717) is 0 Å². The van der Waals surface area contributed by atoms with E-state index >= 15 is 0 Å². The molecule has 1 rings (SSSR count). The minimum Gasteiger partial charge on any atom is -0.428 e. The Hall–Kier alpha value is -1.10. The second kappa shape index (κ2) is 2.66. The molecule has 0 radical (unpaired) electrons. The number of ether oxygens (including phenoxy) is 2. The molecule has 10 heavy (non-hydrogen) atoms. The summed E-state index contributed by atoms with van der Waals surface area (Å²) in [5, 5.41) is 8.75. The molecule has 1 heterocycles. The van der Waals surface area contributed by atoms with E-state index in [2.05, 4.69) is 9.47 Å². The lowest BCUT2D eigenvalue weighted by atomic mass is 10.3. The van der Waals surface area contributed by atoms with Gasteiger partial charge in [0.25, 0.3) is 0 Å². The number of rotatable bonds is 0. The summed E-state index contributed by atoms with van der Waals surface area (Å²) in [6.07, 6.45) is -1.69. The van der Waals surface area contributed by atoms with Crippen LogP contribution in [0, 0.1) is 0 Å². The Balaban J connectivity index is 2.57. The summed E-state index contributed by atoms with van der Waals surface area (Å²) in [6.45, 7) is -0.394. The van der Waals surface area contributed by atoms with Crippen LogP contribution < -0.4 is 0 Å². The number of esters is 2. The fourth-order valence-electron chi connectivity index (χ4n) is 0.550. The average molecular weight is 146 g/mol. The number of hydrogen-bond donors (Lipinski definition) is 1. The van der Waals surface area contributed by atoms with E-state index < -0.39 is 24.8 Å². The van der Waals surface area contributed by atoms with Crippen LogP contribution in [0.1, 0.15) is 6.42 Å². The molecule has 0 aromatic carbocycles. The highest BCUT2D eigenvalue weighted by molar-refractivity contribution is 5.82. The molecular weight excluding hydrogens is 140 g/mol. The van der Waals surface area contributed by atoms with E-state index in [1.807, 2.05) is 0 Å². The Labute approximate surface area is 56.5 Å². The Morgan fingerprint density at radius 3 is 2.80 bits per heavy atom. The highest BCUT2D eigenvalue weighted by Crippen LogP contribution is 2.02. The molecule has 1 aliphatic heterocycles. The van der Waals surface area contributed by atoms with Crippen molar-refractivity contribution in [1.29, 1.82) is 0 Å². The zero-order chi connectivity index (χ0) is 7.56. The van der Waals surface area contributed by atoms with Crippen LogP contribution in [-0.4, -0.2) is 29.9 Å². The first-order chi connectivity index (χ1) is 4.70. The molecule has 5 heteroatoms. The standard InChI is InChI=1S/C5H6O5/c6-3-1-4(7)9-2-10-5(3)8/h3,6H,1-2H2. The van der Waals surface area contributed by atoms with Gasteiger partial charge in [0.2, 0.25) is 6.79 Å². The number of cyclic esters (lactones) is 2. The van der Waals surface area contributed by atoms with Crippen LogP contribution in [0.2, 0.25) is 0 Å². The maximum Gasteiger partial charge on any atom is 0.338 e. The van der Waals surface area contributed by atoms with Crippen LogP contribution in [0.5, 0.6) is 0 Å². The van der Waals surface area contributed by atoms with Crippen molar-refractivity contribution in [2.24, 2.45) is 0 Å². The van der Waals surface area contributed by atoms with Crippen molar-refractivity contribution in [3.8, 4) is 0 Å². The van der Waals surface area contributed by atoms with Crippen molar-refractivity contribution in [2.45, 2.75) is 12.5 Å². The molecule has 0 aliphatic carbocycles. The Kier molecular flexibility index (Phi) is 1.86. The van der Waals surface area contributed by atoms with Crippen LogP contribution in [-0.2, 0) is 19.1 Å². The molecular formula is C5H6O5. The maximum absolute atomic E-state index is 10.5. The fourth-order valence-corrected chi connectivity index (χ4v) is 0.550. The van der Waals surface area contributed by atoms with Crippen LogP contribution in [0.15, 0.2) is 0 Å². The zero-order valence-electron chi connectivity index (χ0n) is 5.07. The first kappa shape index (κ1) is 7.01. The quantitative estimate of drug-likeness (QED) is 0.434. The van der Waals surface area contributed by atoms with Gasteiger partial charge in [0.05, 0.1) is 6.42 Å². The normalized spacial score (nSPS) is 26.7. The SMILES string of the molecule is O=C1CC(O)C(=O)OCO1. The predicted molar refractivity (Wildman–Crippen MR) is 27.7 cm³/mol. The van der Waals surface area contributed by atoms with Gasteiger partial charge in [-0.05, 0) is 0 Å². The molecule has 1 saturated heterocycles. The Morgan fingerprint density at radius 1 is 1.40 bits per heavy atom. The Morgan fingerprint density at radius 2 is 2.10 bits per heavy atom. The molecule has 0 saturated carbocycles. The van der Waals surface area contributed by atoms with Gasteiger partial charge in [-0.3, -0.25) is 4.79 Å². The van der Waals surface area contributed by atoms with Gasteiger partial charge in [0, 0.05) is 0 Å². The van der Waals surface area contributed by atoms with Gasteiger partial charge in [-0.25, -0.2) is 4.79 Å². The molecule has 0 aromatic heterocycles. The molecule has 1 aliphatic rings. The molecule has 1 fully saturated rings. The third kappa shape index (κ3) is 1.44. The number of hydrogen-bond acceptors (Lipinski definition) is 5. The first-order valence-corrected chi connectivity index (χ1v) is 2.70. The Bertz CT molecular complexity index is 163. The number of carbonyl (C=O) groups excluding carboxylic acids is 2. The van der Waals surface area contributed by atoms with E-state index in [-0.39, 0.29) is 6.42 Å². The van der Waals surface area contributed by atoms with Gasteiger partial charge in [-0.1, -0.05) is 0 Å². The number of aliphatic hydroxyl groups is 1. The molecule has 1 unspecified atom stereocenters. The third-order valence-corrected chi connectivity index (χ3v) is 1.05. The van der Waals surface area contributed by atoms with E-state index in [4.69, 9.17) is 5.11 Å². The van der Waals surface area contributed by atoms with E-state index in [0.717, 1.165) is 0 Å². The van der Waals surface area contributed by atoms with Gasteiger partial charge in [0.15, 0.2) is 6.10 Å². The summed E-state index contributed by atoms with van der Waals surface area (Å²) < 4.78 is 8.56. The van der Waals surface area contributed by atoms with Gasteiger partial charge in [0.1, 0.15) is 0 Å². The summed E-state index contributed by atoms with van der Waals surface area (Å²) in [6, 6.07) is 0. The van der Waals surface area contributed by atoms with E-state index in [1.54, 1.807) is 0 Å². The fraction of sp³-hybridized carbons (Fsp3) is 0.600. The predicted octanol–water partition coefficient (Wildman–Crippen LogP) is -1.21. The molecule has 1 N–H and O–H groups in total. The van der Waals surface area contributed by atoms with Crippen molar-refractivity contribution in [3.63, 3.8) is 0 Å². The smallest absolute Gasteiger partial charge is 0.338 e. The van der Waals surface area contributed by atoms with Crippen molar-refractivity contribution >= 4 is 11.9 Å². The minimum absolute atomic E-state index is 0.321. The van der Waals surface area contributed by atoms with Gasteiger partial charge >= 0.3 is 11.9 Å². The maximum atomic E-state index is 10.5. The second-order valence-corrected chi connectivity index (χ2v) is 1.82. The summed E-state index contributed by atoms with van der Waals surface area (Å²) in [7, 11) is 0. The highest BCUT2D eigenvalue weighted by atomic mass is 16.7. The molecule has 0 spiro atoms. The lowest BCUT2D eigenvalue weighted by Gasteiger charge is -1.99. The van der Waals surface area contributed by atoms with Crippen LogP contribution in [0.4, 0.5) is 0 Å². The van der Waals surface area contributed by atoms with Crippen molar-refractivity contribution in [2.75, 3.05) is 6.79 Å². The number of aliphatic hydroxyl groups excluding tert-OH is 1. The molecule has 56 valence electrons. The van der Waals surface area contributed by atoms with Crippen molar-refractivity contribution in [1.82, 2.24) is 0 Å². The van der Waals surface area contributed by atoms with E-state index in [1.165, 1.54) is 0 Å². The number of carbonyl (C=O) groups is 2. The monoisotopic (exact) mass is 146 g/mol. The topological polar surface area (TPSA) is 72.8 Å². The minimum atomic E-state index is -1.37. The molecule has 1 atom stereocenters.